The summed E-state index contributed by atoms with van der Waals surface area (Å²) in [6.45, 7) is 1.80. The summed E-state index contributed by atoms with van der Waals surface area (Å²) < 4.78 is 0. The first-order chi connectivity index (χ1) is 12.1. The summed E-state index contributed by atoms with van der Waals surface area (Å²) >= 11 is 6.18. The van der Waals surface area contributed by atoms with E-state index in [0.29, 0.717) is 32.5 Å². The van der Waals surface area contributed by atoms with Gasteiger partial charge in [-0.2, -0.15) is 0 Å². The van der Waals surface area contributed by atoms with Gasteiger partial charge in [-0.25, -0.2) is 0 Å². The summed E-state index contributed by atoms with van der Waals surface area (Å²) in [5.74, 6) is -0.0111. The minimum absolute atomic E-state index is 0.0312. The molecule has 136 valence electrons. The van der Waals surface area contributed by atoms with Crippen molar-refractivity contribution < 1.29 is 9.59 Å². The average Bonchev–Trinajstić information content (AvgIpc) is 3.04. The van der Waals surface area contributed by atoms with Crippen LogP contribution >= 0.6 is 11.6 Å². The van der Waals surface area contributed by atoms with Crippen molar-refractivity contribution in [1.82, 2.24) is 15.5 Å². The molecule has 1 aromatic rings. The Morgan fingerprint density at radius 3 is 2.84 bits per heavy atom. The number of fused-ring (bicyclic) bond motifs is 1. The highest BCUT2D eigenvalue weighted by molar-refractivity contribution is 6.31. The lowest BCUT2D eigenvalue weighted by Crippen LogP contribution is -2.61. The summed E-state index contributed by atoms with van der Waals surface area (Å²) in [6, 6.07) is 7.01. The van der Waals surface area contributed by atoms with Crippen LogP contribution in [0.3, 0.4) is 0 Å². The van der Waals surface area contributed by atoms with Crippen molar-refractivity contribution in [2.24, 2.45) is 5.73 Å². The number of rotatable bonds is 7. The van der Waals surface area contributed by atoms with Crippen molar-refractivity contribution in [3.63, 3.8) is 0 Å². The van der Waals surface area contributed by atoms with Crippen molar-refractivity contribution in [1.29, 1.82) is 0 Å². The van der Waals surface area contributed by atoms with Crippen LogP contribution in [-0.2, 0) is 16.1 Å². The molecule has 25 heavy (non-hydrogen) atoms. The van der Waals surface area contributed by atoms with E-state index in [-0.39, 0.29) is 23.9 Å². The fourth-order valence-corrected chi connectivity index (χ4v) is 3.79. The number of hydrogen-bond acceptors (Lipinski definition) is 4. The SMILES string of the molecule is NCCCC[C@@H]1NC(=O)[C@@H]2C[C@H](NCc3ccccc3Cl)CN2C1=O. The van der Waals surface area contributed by atoms with Crippen molar-refractivity contribution >= 4 is 23.4 Å². The van der Waals surface area contributed by atoms with Gasteiger partial charge in [-0.1, -0.05) is 29.8 Å². The molecular weight excluding hydrogens is 340 g/mol. The van der Waals surface area contributed by atoms with E-state index >= 15 is 0 Å². The number of unbranched alkanes of at least 4 members (excludes halogenated alkanes) is 1. The van der Waals surface area contributed by atoms with Crippen LogP contribution in [0.4, 0.5) is 0 Å². The molecule has 0 bridgehead atoms. The van der Waals surface area contributed by atoms with Gasteiger partial charge in [0.05, 0.1) is 0 Å². The molecule has 1 aromatic carbocycles. The maximum absolute atomic E-state index is 12.7. The van der Waals surface area contributed by atoms with Gasteiger partial charge < -0.3 is 21.3 Å². The zero-order chi connectivity index (χ0) is 17.8. The van der Waals surface area contributed by atoms with Gasteiger partial charge in [0.25, 0.3) is 0 Å². The standard InChI is InChI=1S/C18H25ClN4O2/c19-14-6-2-1-5-12(14)10-21-13-9-16-17(24)22-15(7-3-4-8-20)18(25)23(16)11-13/h1-2,5-6,13,15-16,21H,3-4,7-11,20H2,(H,22,24)/t13-,15-,16-/m0/s1. The quantitative estimate of drug-likeness (QED) is 0.630. The maximum Gasteiger partial charge on any atom is 0.245 e. The Kier molecular flexibility index (Phi) is 5.93. The lowest BCUT2D eigenvalue weighted by atomic mass is 10.0. The molecule has 6 nitrogen and oxygen atoms in total. The van der Waals surface area contributed by atoms with Crippen LogP contribution in [0, 0.1) is 0 Å². The molecule has 2 aliphatic heterocycles. The van der Waals surface area contributed by atoms with Gasteiger partial charge in [-0.05, 0) is 43.9 Å². The smallest absolute Gasteiger partial charge is 0.245 e. The number of halogens is 1. The number of carbonyl (C=O) groups excluding carboxylic acids is 2. The van der Waals surface area contributed by atoms with E-state index in [1.807, 2.05) is 24.3 Å². The molecule has 4 N–H and O–H groups in total. The summed E-state index contributed by atoms with van der Waals surface area (Å²) in [4.78, 5) is 26.7. The molecule has 0 spiro atoms. The molecule has 0 aromatic heterocycles. The molecule has 2 heterocycles. The van der Waals surface area contributed by atoms with Crippen molar-refractivity contribution in [3.8, 4) is 0 Å². The minimum Gasteiger partial charge on any atom is -0.343 e. The Morgan fingerprint density at radius 2 is 2.08 bits per heavy atom. The zero-order valence-electron chi connectivity index (χ0n) is 14.2. The van der Waals surface area contributed by atoms with Crippen LogP contribution < -0.4 is 16.4 Å². The number of piperazine rings is 1. The fraction of sp³-hybridized carbons (Fsp3) is 0.556. The number of hydrogen-bond donors (Lipinski definition) is 3. The average molecular weight is 365 g/mol. The third kappa shape index (κ3) is 4.14. The number of nitrogens with one attached hydrogen (secondary N) is 2. The summed E-state index contributed by atoms with van der Waals surface area (Å²) in [5.41, 5.74) is 6.52. The Hall–Kier alpha value is -1.63. The number of nitrogens with two attached hydrogens (primary N) is 1. The number of nitrogens with zero attached hydrogens (tertiary/aromatic N) is 1. The normalized spacial score (nSPS) is 25.8. The molecule has 0 radical (unpaired) electrons. The summed E-state index contributed by atoms with van der Waals surface area (Å²) in [5, 5.41) is 7.03. The molecular formula is C18H25ClN4O2. The van der Waals surface area contributed by atoms with E-state index in [1.165, 1.54) is 0 Å². The second-order valence-electron chi connectivity index (χ2n) is 6.76. The van der Waals surface area contributed by atoms with E-state index in [0.717, 1.165) is 23.4 Å². The zero-order valence-corrected chi connectivity index (χ0v) is 15.0. The molecule has 0 aliphatic carbocycles. The second kappa shape index (κ2) is 8.17. The van der Waals surface area contributed by atoms with Gasteiger partial charge in [-0.15, -0.1) is 0 Å². The topological polar surface area (TPSA) is 87.5 Å². The van der Waals surface area contributed by atoms with Crippen LogP contribution in [0.2, 0.25) is 5.02 Å². The van der Waals surface area contributed by atoms with Gasteiger partial charge >= 0.3 is 0 Å². The Balaban J connectivity index is 1.57. The lowest BCUT2D eigenvalue weighted by Gasteiger charge is -2.34. The Morgan fingerprint density at radius 1 is 1.28 bits per heavy atom. The highest BCUT2D eigenvalue weighted by Crippen LogP contribution is 2.25. The fourth-order valence-electron chi connectivity index (χ4n) is 3.59. The number of amides is 2. The van der Waals surface area contributed by atoms with Gasteiger partial charge in [0, 0.05) is 24.2 Å². The predicted molar refractivity (Wildman–Crippen MR) is 97.0 cm³/mol. The van der Waals surface area contributed by atoms with Crippen LogP contribution in [0.1, 0.15) is 31.2 Å². The number of benzene rings is 1. The summed E-state index contributed by atoms with van der Waals surface area (Å²) in [7, 11) is 0. The molecule has 2 fully saturated rings. The number of carbonyl (C=O) groups is 2. The third-order valence-electron chi connectivity index (χ3n) is 4.99. The molecule has 0 unspecified atom stereocenters. The van der Waals surface area contributed by atoms with E-state index in [2.05, 4.69) is 10.6 Å². The molecule has 3 rings (SSSR count). The van der Waals surface area contributed by atoms with Crippen LogP contribution in [0.15, 0.2) is 24.3 Å². The first-order valence-corrected chi connectivity index (χ1v) is 9.25. The van der Waals surface area contributed by atoms with Crippen LogP contribution in [0.5, 0.6) is 0 Å². The van der Waals surface area contributed by atoms with Crippen LogP contribution in [0.25, 0.3) is 0 Å². The van der Waals surface area contributed by atoms with E-state index in [9.17, 15) is 9.59 Å². The van der Waals surface area contributed by atoms with E-state index in [4.69, 9.17) is 17.3 Å². The van der Waals surface area contributed by atoms with Crippen LogP contribution in [-0.4, -0.2) is 47.9 Å². The Labute approximate surface area is 153 Å². The molecule has 2 aliphatic rings. The molecule has 3 atom stereocenters. The lowest BCUT2D eigenvalue weighted by molar-refractivity contribution is -0.147. The van der Waals surface area contributed by atoms with Gasteiger partial charge in [0.2, 0.25) is 11.8 Å². The largest absolute Gasteiger partial charge is 0.343 e. The Bertz CT molecular complexity index is 639. The van der Waals surface area contributed by atoms with Gasteiger partial charge in [-0.3, -0.25) is 9.59 Å². The predicted octanol–water partition coefficient (Wildman–Crippen LogP) is 1.03. The highest BCUT2D eigenvalue weighted by Gasteiger charge is 2.45. The first kappa shape index (κ1) is 18.2. The maximum atomic E-state index is 12.7. The third-order valence-corrected chi connectivity index (χ3v) is 5.36. The molecule has 7 heteroatoms. The minimum atomic E-state index is -0.405. The highest BCUT2D eigenvalue weighted by atomic mass is 35.5. The van der Waals surface area contributed by atoms with Gasteiger partial charge in [0.1, 0.15) is 12.1 Å². The first-order valence-electron chi connectivity index (χ1n) is 8.88. The van der Waals surface area contributed by atoms with Crippen molar-refractivity contribution in [2.45, 2.75) is 50.4 Å². The van der Waals surface area contributed by atoms with E-state index in [1.54, 1.807) is 4.90 Å². The monoisotopic (exact) mass is 364 g/mol. The van der Waals surface area contributed by atoms with E-state index < -0.39 is 6.04 Å². The molecule has 2 saturated heterocycles. The van der Waals surface area contributed by atoms with Crippen molar-refractivity contribution in [2.75, 3.05) is 13.1 Å². The van der Waals surface area contributed by atoms with Gasteiger partial charge in [0.15, 0.2) is 0 Å². The second-order valence-corrected chi connectivity index (χ2v) is 7.16. The molecule has 0 saturated carbocycles. The van der Waals surface area contributed by atoms with Crippen molar-refractivity contribution in [3.05, 3.63) is 34.9 Å². The summed E-state index contributed by atoms with van der Waals surface area (Å²) in [6.07, 6.45) is 3.01. The molecule has 2 amide bonds.